The molecule has 0 bridgehead atoms. The third-order valence-corrected chi connectivity index (χ3v) is 11.3. The highest BCUT2D eigenvalue weighted by atomic mass is 15.0. The van der Waals surface area contributed by atoms with Crippen LogP contribution in [0, 0.1) is 17.9 Å². The second-order valence-corrected chi connectivity index (χ2v) is 15.0. The highest BCUT2D eigenvalue weighted by Gasteiger charge is 2.42. The van der Waals surface area contributed by atoms with E-state index >= 15 is 0 Å². The van der Waals surface area contributed by atoms with E-state index in [0.717, 1.165) is 22.4 Å². The van der Waals surface area contributed by atoms with Crippen molar-refractivity contribution in [3.05, 3.63) is 185 Å². The summed E-state index contributed by atoms with van der Waals surface area (Å²) in [5, 5.41) is 13.3. The van der Waals surface area contributed by atoms with Gasteiger partial charge in [-0.15, -0.1) is 0 Å². The summed E-state index contributed by atoms with van der Waals surface area (Å²) < 4.78 is 2.39. The van der Waals surface area contributed by atoms with Crippen molar-refractivity contribution in [3.8, 4) is 45.4 Å². The number of hydrogen-bond donors (Lipinski definition) is 0. The van der Waals surface area contributed by atoms with Gasteiger partial charge in [0, 0.05) is 38.4 Å². The molecule has 0 fully saturated rings. The topological polar surface area (TPSA) is 46.0 Å². The van der Waals surface area contributed by atoms with E-state index in [2.05, 4.69) is 128 Å². The second-order valence-electron chi connectivity index (χ2n) is 15.0. The van der Waals surface area contributed by atoms with Crippen LogP contribution >= 0.6 is 0 Å². The number of fused-ring (bicyclic) bond motifs is 5. The molecule has 8 aromatic rings. The highest BCUT2D eigenvalue weighted by molar-refractivity contribution is 6.09. The van der Waals surface area contributed by atoms with Gasteiger partial charge in [-0.3, -0.25) is 4.98 Å². The molecule has 0 aliphatic heterocycles. The quantitative estimate of drug-likeness (QED) is 0.174. The minimum Gasteiger partial charge on any atom is -0.309 e. The average Bonchev–Trinajstić information content (AvgIpc) is 3.54. The fourth-order valence-electron chi connectivity index (χ4n) is 8.66. The fraction of sp³-hybridized carbons (Fsp3) is 0.122. The average molecular weight is 681 g/mol. The summed E-state index contributed by atoms with van der Waals surface area (Å²) in [5.74, 6) is 0. The molecule has 252 valence electrons. The number of benzene rings is 6. The predicted octanol–water partition coefficient (Wildman–Crippen LogP) is 12.6. The number of hydrogen-bond acceptors (Lipinski definition) is 2. The molecule has 0 saturated carbocycles. The molecule has 6 aromatic carbocycles. The lowest BCUT2D eigenvalue weighted by molar-refractivity contribution is 0.520. The van der Waals surface area contributed by atoms with Crippen LogP contribution in [-0.2, 0) is 10.8 Å². The van der Waals surface area contributed by atoms with Gasteiger partial charge < -0.3 is 4.57 Å². The van der Waals surface area contributed by atoms with Crippen molar-refractivity contribution >= 4 is 27.5 Å². The zero-order chi connectivity index (χ0) is 36.5. The standard InChI is InChI=1S/C49H36N4/c1-48(2)39-27-25-34(53-42-22-14-12-20-35(42)36-21-13-15-23-43(36)53)29-41(39)49(3,4)38-26-24-33(28-40(38)48)44-37(30-50)45(31-16-8-6-9-17-31)52-46(47(44)51-5)32-18-10-7-11-19-32/h6-29H,1-4H3. The van der Waals surface area contributed by atoms with E-state index in [4.69, 9.17) is 11.6 Å². The molecule has 4 nitrogen and oxygen atoms in total. The van der Waals surface area contributed by atoms with E-state index in [0.29, 0.717) is 28.2 Å². The van der Waals surface area contributed by atoms with Crippen LogP contribution < -0.4 is 0 Å². The molecular weight excluding hydrogens is 645 g/mol. The van der Waals surface area contributed by atoms with Gasteiger partial charge in [0.2, 0.25) is 5.69 Å². The Morgan fingerprint density at radius 3 is 1.64 bits per heavy atom. The van der Waals surface area contributed by atoms with Crippen molar-refractivity contribution in [3.63, 3.8) is 0 Å². The summed E-state index contributed by atoms with van der Waals surface area (Å²) >= 11 is 0. The monoisotopic (exact) mass is 680 g/mol. The Morgan fingerprint density at radius 1 is 0.566 bits per heavy atom. The zero-order valence-electron chi connectivity index (χ0n) is 30.1. The number of nitriles is 1. The van der Waals surface area contributed by atoms with E-state index in [-0.39, 0.29) is 10.8 Å². The summed E-state index contributed by atoms with van der Waals surface area (Å²) in [5.41, 5.74) is 12.9. The number of rotatable bonds is 4. The third-order valence-electron chi connectivity index (χ3n) is 11.3. The van der Waals surface area contributed by atoms with Gasteiger partial charge in [0.1, 0.15) is 6.07 Å². The largest absolute Gasteiger partial charge is 0.309 e. The maximum absolute atomic E-state index is 10.8. The van der Waals surface area contributed by atoms with Gasteiger partial charge in [-0.25, -0.2) is 4.85 Å². The molecule has 9 rings (SSSR count). The van der Waals surface area contributed by atoms with E-state index < -0.39 is 0 Å². The maximum atomic E-state index is 10.8. The van der Waals surface area contributed by atoms with Gasteiger partial charge in [-0.1, -0.05) is 149 Å². The van der Waals surface area contributed by atoms with Crippen LogP contribution in [0.4, 0.5) is 5.69 Å². The molecule has 0 atom stereocenters. The fourth-order valence-corrected chi connectivity index (χ4v) is 8.66. The first-order valence-corrected chi connectivity index (χ1v) is 18.0. The molecule has 0 unspecified atom stereocenters. The van der Waals surface area contributed by atoms with E-state index in [9.17, 15) is 5.26 Å². The number of pyridine rings is 1. The highest BCUT2D eigenvalue weighted by Crippen LogP contribution is 2.52. The molecule has 0 spiro atoms. The summed E-state index contributed by atoms with van der Waals surface area (Å²) in [6, 6.07) is 52.9. The molecule has 4 heteroatoms. The Balaban J connectivity index is 1.26. The van der Waals surface area contributed by atoms with Gasteiger partial charge in [0.15, 0.2) is 0 Å². The van der Waals surface area contributed by atoms with Gasteiger partial charge >= 0.3 is 0 Å². The van der Waals surface area contributed by atoms with Crippen molar-refractivity contribution in [2.24, 2.45) is 0 Å². The van der Waals surface area contributed by atoms with Crippen molar-refractivity contribution in [1.29, 1.82) is 5.26 Å². The van der Waals surface area contributed by atoms with Crippen LogP contribution in [0.3, 0.4) is 0 Å². The first-order valence-electron chi connectivity index (χ1n) is 18.0. The third kappa shape index (κ3) is 4.77. The Morgan fingerprint density at radius 2 is 1.08 bits per heavy atom. The Labute approximate surface area is 310 Å². The SMILES string of the molecule is [C-]#[N+]c1c(-c2ccccc2)nc(-c2ccccc2)c(C#N)c1-c1ccc2c(c1)C(C)(C)c1ccc(-n3c4ccccc4c4ccccc43)cc1C2(C)C. The Bertz CT molecular complexity index is 2720. The van der Waals surface area contributed by atoms with Crippen LogP contribution in [0.15, 0.2) is 146 Å². The van der Waals surface area contributed by atoms with Crippen molar-refractivity contribution < 1.29 is 0 Å². The van der Waals surface area contributed by atoms with Crippen molar-refractivity contribution in [2.45, 2.75) is 38.5 Å². The number of para-hydroxylation sites is 2. The molecule has 0 N–H and O–H groups in total. The molecule has 0 amide bonds. The van der Waals surface area contributed by atoms with Crippen LogP contribution in [0.2, 0.25) is 0 Å². The van der Waals surface area contributed by atoms with E-state index in [1.807, 2.05) is 60.7 Å². The lowest BCUT2D eigenvalue weighted by atomic mass is 9.59. The van der Waals surface area contributed by atoms with Gasteiger partial charge in [-0.2, -0.15) is 5.26 Å². The molecule has 1 aliphatic rings. The number of nitrogens with zero attached hydrogens (tertiary/aromatic N) is 4. The van der Waals surface area contributed by atoms with Crippen molar-refractivity contribution in [2.75, 3.05) is 0 Å². The summed E-state index contributed by atoms with van der Waals surface area (Å²) in [6.45, 7) is 17.7. The summed E-state index contributed by atoms with van der Waals surface area (Å²) in [4.78, 5) is 9.13. The first-order chi connectivity index (χ1) is 25.7. The zero-order valence-corrected chi connectivity index (χ0v) is 30.1. The molecule has 2 aromatic heterocycles. The molecular formula is C49H36N4. The van der Waals surface area contributed by atoms with Crippen LogP contribution in [0.5, 0.6) is 0 Å². The lowest BCUT2D eigenvalue weighted by Gasteiger charge is -2.44. The summed E-state index contributed by atoms with van der Waals surface area (Å²) in [6.07, 6.45) is 0. The molecule has 2 heterocycles. The maximum Gasteiger partial charge on any atom is 0.221 e. The predicted molar refractivity (Wildman–Crippen MR) is 217 cm³/mol. The van der Waals surface area contributed by atoms with Gasteiger partial charge in [0.25, 0.3) is 0 Å². The minimum absolute atomic E-state index is 0.323. The van der Waals surface area contributed by atoms with Gasteiger partial charge in [-0.05, 0) is 57.6 Å². The van der Waals surface area contributed by atoms with E-state index in [1.165, 1.54) is 44.1 Å². The lowest BCUT2D eigenvalue weighted by Crippen LogP contribution is -2.36. The summed E-state index contributed by atoms with van der Waals surface area (Å²) in [7, 11) is 0. The molecule has 0 saturated heterocycles. The first kappa shape index (κ1) is 32.2. The van der Waals surface area contributed by atoms with E-state index in [1.54, 1.807) is 0 Å². The normalized spacial score (nSPS) is 13.9. The Hall–Kier alpha value is -6.75. The van der Waals surface area contributed by atoms with Gasteiger partial charge in [0.05, 0.1) is 34.6 Å². The Kier molecular flexibility index (Phi) is 7.23. The molecule has 1 aliphatic carbocycles. The van der Waals surface area contributed by atoms with Crippen LogP contribution in [0.25, 0.3) is 66.0 Å². The second kappa shape index (κ2) is 11.9. The molecule has 53 heavy (non-hydrogen) atoms. The minimum atomic E-state index is -0.363. The van der Waals surface area contributed by atoms with Crippen LogP contribution in [0.1, 0.15) is 55.5 Å². The smallest absolute Gasteiger partial charge is 0.221 e. The van der Waals surface area contributed by atoms with Crippen molar-refractivity contribution in [1.82, 2.24) is 9.55 Å². The molecule has 0 radical (unpaired) electrons. The van der Waals surface area contributed by atoms with Crippen LogP contribution in [-0.4, -0.2) is 9.55 Å². The number of aromatic nitrogens is 2.